The van der Waals surface area contributed by atoms with Gasteiger partial charge in [0, 0.05) is 31.4 Å². The number of hydrogen-bond donors (Lipinski definition) is 1. The number of aliphatic hydroxyl groups excluding tert-OH is 1. The highest BCUT2D eigenvalue weighted by molar-refractivity contribution is 5.08. The maximum atomic E-state index is 9.17. The van der Waals surface area contributed by atoms with Crippen LogP contribution >= 0.6 is 0 Å². The highest BCUT2D eigenvalue weighted by Crippen LogP contribution is 2.38. The highest BCUT2D eigenvalue weighted by atomic mass is 16.5. The largest absolute Gasteiger partial charge is 0.395 e. The van der Waals surface area contributed by atoms with Crippen molar-refractivity contribution in [3.05, 3.63) is 41.8 Å². The van der Waals surface area contributed by atoms with Crippen LogP contribution in [0.5, 0.6) is 0 Å². The zero-order valence-electron chi connectivity index (χ0n) is 11.3. The number of rotatable bonds is 7. The third-order valence-corrected chi connectivity index (χ3v) is 3.32. The van der Waals surface area contributed by atoms with E-state index in [-0.39, 0.29) is 6.61 Å². The Morgan fingerprint density at radius 3 is 2.95 bits per heavy atom. The Morgan fingerprint density at radius 2 is 2.25 bits per heavy atom. The summed E-state index contributed by atoms with van der Waals surface area (Å²) in [4.78, 5) is 10.6. The molecule has 2 heterocycles. The third kappa shape index (κ3) is 3.40. The number of pyridine rings is 1. The fourth-order valence-electron chi connectivity index (χ4n) is 2.13. The molecule has 1 aliphatic carbocycles. The Labute approximate surface area is 117 Å². The van der Waals surface area contributed by atoms with Crippen LogP contribution in [0.4, 0.5) is 0 Å². The molecule has 0 radical (unpaired) electrons. The molecule has 2 aromatic heterocycles. The lowest BCUT2D eigenvalue weighted by Gasteiger charge is -2.19. The van der Waals surface area contributed by atoms with E-state index in [2.05, 4.69) is 20.0 Å². The van der Waals surface area contributed by atoms with Gasteiger partial charge in [0.2, 0.25) is 5.89 Å². The molecule has 0 atom stereocenters. The minimum Gasteiger partial charge on any atom is -0.395 e. The average molecular weight is 274 g/mol. The fourth-order valence-corrected chi connectivity index (χ4v) is 2.13. The first-order valence-corrected chi connectivity index (χ1v) is 6.90. The quantitative estimate of drug-likeness (QED) is 0.821. The van der Waals surface area contributed by atoms with Crippen molar-refractivity contribution in [2.24, 2.45) is 0 Å². The zero-order valence-corrected chi connectivity index (χ0v) is 11.3. The molecule has 1 fully saturated rings. The number of hydrogen-bond acceptors (Lipinski definition) is 6. The van der Waals surface area contributed by atoms with E-state index in [1.807, 2.05) is 18.3 Å². The van der Waals surface area contributed by atoms with Crippen molar-refractivity contribution in [2.45, 2.75) is 31.8 Å². The van der Waals surface area contributed by atoms with E-state index >= 15 is 0 Å². The van der Waals surface area contributed by atoms with Crippen LogP contribution in [0.15, 0.2) is 29.0 Å². The monoisotopic (exact) mass is 274 g/mol. The van der Waals surface area contributed by atoms with Crippen LogP contribution in [0.25, 0.3) is 0 Å². The van der Waals surface area contributed by atoms with Gasteiger partial charge >= 0.3 is 0 Å². The summed E-state index contributed by atoms with van der Waals surface area (Å²) >= 11 is 0. The van der Waals surface area contributed by atoms with Gasteiger partial charge in [0.05, 0.1) is 13.2 Å². The first-order chi connectivity index (χ1) is 9.85. The summed E-state index contributed by atoms with van der Waals surface area (Å²) < 4.78 is 5.26. The van der Waals surface area contributed by atoms with E-state index in [0.29, 0.717) is 31.4 Å². The summed E-state index contributed by atoms with van der Waals surface area (Å²) in [5.41, 5.74) is 1.10. The van der Waals surface area contributed by atoms with Crippen molar-refractivity contribution in [1.82, 2.24) is 20.0 Å². The molecule has 0 unspecified atom stereocenters. The summed E-state index contributed by atoms with van der Waals surface area (Å²) in [6.07, 6.45) is 5.88. The second-order valence-corrected chi connectivity index (χ2v) is 5.12. The van der Waals surface area contributed by atoms with Crippen molar-refractivity contribution in [3.8, 4) is 0 Å². The standard InChI is InChI=1S/C14H18N4O2/c19-7-6-18(9-11-2-1-5-15-8-11)10-13-16-14(20-17-13)12-3-4-12/h1-2,5,8,12,19H,3-4,6-7,9-10H2. The summed E-state index contributed by atoms with van der Waals surface area (Å²) in [6.45, 7) is 1.96. The molecule has 1 aliphatic rings. The Bertz CT molecular complexity index is 539. The number of aliphatic hydroxyl groups is 1. The first kappa shape index (κ1) is 13.2. The summed E-state index contributed by atoms with van der Waals surface area (Å²) in [6, 6.07) is 3.93. The lowest BCUT2D eigenvalue weighted by Crippen LogP contribution is -2.26. The average Bonchev–Trinajstić information content (AvgIpc) is 3.21. The van der Waals surface area contributed by atoms with E-state index in [0.717, 1.165) is 24.3 Å². The van der Waals surface area contributed by atoms with Gasteiger partial charge in [-0.05, 0) is 24.5 Å². The van der Waals surface area contributed by atoms with Gasteiger partial charge in [0.15, 0.2) is 5.82 Å². The van der Waals surface area contributed by atoms with Crippen molar-refractivity contribution in [2.75, 3.05) is 13.2 Å². The van der Waals surface area contributed by atoms with Gasteiger partial charge in [0.25, 0.3) is 0 Å². The fraction of sp³-hybridized carbons (Fsp3) is 0.500. The Kier molecular flexibility index (Phi) is 4.03. The Hall–Kier alpha value is -1.79. The minimum absolute atomic E-state index is 0.105. The maximum absolute atomic E-state index is 9.17. The maximum Gasteiger partial charge on any atom is 0.229 e. The SMILES string of the molecule is OCCN(Cc1cccnc1)Cc1noc(C2CC2)n1. The molecular formula is C14H18N4O2. The molecule has 0 bridgehead atoms. The van der Waals surface area contributed by atoms with Crippen molar-refractivity contribution in [1.29, 1.82) is 0 Å². The van der Waals surface area contributed by atoms with Gasteiger partial charge in [0.1, 0.15) is 0 Å². The Morgan fingerprint density at radius 1 is 1.35 bits per heavy atom. The molecule has 20 heavy (non-hydrogen) atoms. The molecule has 0 spiro atoms. The summed E-state index contributed by atoms with van der Waals surface area (Å²) in [5.74, 6) is 1.91. The topological polar surface area (TPSA) is 75.3 Å². The lowest BCUT2D eigenvalue weighted by atomic mass is 10.2. The molecule has 0 aliphatic heterocycles. The third-order valence-electron chi connectivity index (χ3n) is 3.32. The molecule has 1 saturated carbocycles. The summed E-state index contributed by atoms with van der Waals surface area (Å²) in [7, 11) is 0. The predicted molar refractivity (Wildman–Crippen MR) is 71.7 cm³/mol. The van der Waals surface area contributed by atoms with Crippen LogP contribution in [0.3, 0.4) is 0 Å². The molecule has 0 aromatic carbocycles. The van der Waals surface area contributed by atoms with Crippen LogP contribution in [0, 0.1) is 0 Å². The molecule has 0 saturated heterocycles. The van der Waals surface area contributed by atoms with Gasteiger partial charge < -0.3 is 9.63 Å². The number of nitrogens with zero attached hydrogens (tertiary/aromatic N) is 4. The molecule has 6 heteroatoms. The summed E-state index contributed by atoms with van der Waals surface area (Å²) in [5, 5.41) is 13.2. The van der Waals surface area contributed by atoms with Crippen LogP contribution in [0.1, 0.15) is 36.0 Å². The van der Waals surface area contributed by atoms with Gasteiger partial charge in [-0.1, -0.05) is 11.2 Å². The van der Waals surface area contributed by atoms with Crippen molar-refractivity contribution < 1.29 is 9.63 Å². The normalized spacial score (nSPS) is 14.9. The molecule has 106 valence electrons. The van der Waals surface area contributed by atoms with Crippen molar-refractivity contribution in [3.63, 3.8) is 0 Å². The molecular weight excluding hydrogens is 256 g/mol. The minimum atomic E-state index is 0.105. The molecule has 3 rings (SSSR count). The van der Waals surface area contributed by atoms with E-state index in [1.54, 1.807) is 6.20 Å². The second kappa shape index (κ2) is 6.11. The molecule has 0 amide bonds. The van der Waals surface area contributed by atoms with Gasteiger partial charge in [-0.25, -0.2) is 0 Å². The van der Waals surface area contributed by atoms with Crippen LogP contribution in [-0.4, -0.2) is 38.3 Å². The first-order valence-electron chi connectivity index (χ1n) is 6.90. The predicted octanol–water partition coefficient (Wildman–Crippen LogP) is 1.34. The Balaban J connectivity index is 1.63. The molecule has 6 nitrogen and oxygen atoms in total. The second-order valence-electron chi connectivity index (χ2n) is 5.12. The van der Waals surface area contributed by atoms with Gasteiger partial charge in [-0.3, -0.25) is 9.88 Å². The molecule has 1 N–H and O–H groups in total. The highest BCUT2D eigenvalue weighted by Gasteiger charge is 2.29. The molecule has 2 aromatic rings. The number of aromatic nitrogens is 3. The van der Waals surface area contributed by atoms with E-state index in [4.69, 9.17) is 4.52 Å². The van der Waals surface area contributed by atoms with Crippen molar-refractivity contribution >= 4 is 0 Å². The van der Waals surface area contributed by atoms with Crippen LogP contribution in [-0.2, 0) is 13.1 Å². The zero-order chi connectivity index (χ0) is 13.8. The lowest BCUT2D eigenvalue weighted by molar-refractivity contribution is 0.179. The van der Waals surface area contributed by atoms with Crippen LogP contribution < -0.4 is 0 Å². The smallest absolute Gasteiger partial charge is 0.229 e. The van der Waals surface area contributed by atoms with Gasteiger partial charge in [-0.15, -0.1) is 0 Å². The van der Waals surface area contributed by atoms with E-state index in [9.17, 15) is 5.11 Å². The van der Waals surface area contributed by atoms with Crippen LogP contribution in [0.2, 0.25) is 0 Å². The van der Waals surface area contributed by atoms with E-state index < -0.39 is 0 Å². The van der Waals surface area contributed by atoms with E-state index in [1.165, 1.54) is 0 Å². The van der Waals surface area contributed by atoms with Gasteiger partial charge in [-0.2, -0.15) is 4.98 Å².